The lowest BCUT2D eigenvalue weighted by molar-refractivity contribution is 1.18. The van der Waals surface area contributed by atoms with Gasteiger partial charge in [0.1, 0.15) is 0 Å². The number of fused-ring (bicyclic) bond motifs is 2. The molecule has 8 aromatic carbocycles. The van der Waals surface area contributed by atoms with Gasteiger partial charge in [-0.15, -0.1) is 0 Å². The topological polar surface area (TPSA) is 51.6 Å². The molecule has 0 bridgehead atoms. The minimum atomic E-state index is 0.691. The zero-order valence-corrected chi connectivity index (χ0v) is 30.4. The molecule has 0 radical (unpaired) electrons. The summed E-state index contributed by atoms with van der Waals surface area (Å²) in [7, 11) is 0. The Labute approximate surface area is 325 Å². The van der Waals surface area contributed by atoms with Gasteiger partial charge >= 0.3 is 0 Å². The summed E-state index contributed by atoms with van der Waals surface area (Å²) >= 11 is 0. The van der Waals surface area contributed by atoms with Gasteiger partial charge in [0.15, 0.2) is 11.6 Å². The summed E-state index contributed by atoms with van der Waals surface area (Å²) in [5, 5.41) is 4.78. The summed E-state index contributed by atoms with van der Waals surface area (Å²) in [5.74, 6) is 1.39. The number of benzene rings is 8. The van der Waals surface area contributed by atoms with Gasteiger partial charge in [-0.2, -0.15) is 0 Å². The molecule has 10 aromatic rings. The van der Waals surface area contributed by atoms with E-state index in [0.717, 1.165) is 67.3 Å². The van der Waals surface area contributed by atoms with Crippen LogP contribution < -0.4 is 0 Å². The van der Waals surface area contributed by atoms with E-state index in [4.69, 9.17) is 19.9 Å². The standard InChI is InChI=1S/C52H34N4/c1-3-13-39(14-4-1)47-33-49(45-29-23-35-11-7-9-17-43(35)31-45)56-52(53-47)42-27-21-38(22-28-42)37-19-25-40(26-20-37)48-34-50(55-51(54-48)41-15-5-2-6-16-41)46-30-24-36-12-8-10-18-44(36)32-46/h1-34H. The molecule has 2 heterocycles. The third-order valence-corrected chi connectivity index (χ3v) is 10.3. The first-order valence-electron chi connectivity index (χ1n) is 18.8. The maximum Gasteiger partial charge on any atom is 0.160 e. The summed E-state index contributed by atoms with van der Waals surface area (Å²) in [4.78, 5) is 20.3. The van der Waals surface area contributed by atoms with Gasteiger partial charge < -0.3 is 0 Å². The lowest BCUT2D eigenvalue weighted by Crippen LogP contribution is -1.96. The number of hydrogen-bond acceptors (Lipinski definition) is 4. The van der Waals surface area contributed by atoms with Crippen molar-refractivity contribution < 1.29 is 0 Å². The third kappa shape index (κ3) is 6.61. The van der Waals surface area contributed by atoms with E-state index >= 15 is 0 Å². The maximum atomic E-state index is 5.10. The molecular weight excluding hydrogens is 681 g/mol. The van der Waals surface area contributed by atoms with Crippen LogP contribution in [0.25, 0.3) is 100 Å². The van der Waals surface area contributed by atoms with Crippen molar-refractivity contribution in [3.8, 4) is 78.9 Å². The highest BCUT2D eigenvalue weighted by Crippen LogP contribution is 2.33. The number of aromatic nitrogens is 4. The first-order chi connectivity index (χ1) is 27.7. The second-order valence-electron chi connectivity index (χ2n) is 13.9. The van der Waals surface area contributed by atoms with Crippen LogP contribution in [0.5, 0.6) is 0 Å². The molecule has 4 heteroatoms. The van der Waals surface area contributed by atoms with Gasteiger partial charge in [0.25, 0.3) is 0 Å². The Morgan fingerprint density at radius 2 is 0.500 bits per heavy atom. The Morgan fingerprint density at radius 1 is 0.196 bits per heavy atom. The van der Waals surface area contributed by atoms with Gasteiger partial charge in [-0.25, -0.2) is 19.9 Å². The van der Waals surface area contributed by atoms with Crippen LogP contribution in [0.2, 0.25) is 0 Å². The van der Waals surface area contributed by atoms with Crippen LogP contribution in [0.1, 0.15) is 0 Å². The van der Waals surface area contributed by atoms with Crippen molar-refractivity contribution in [2.24, 2.45) is 0 Å². The van der Waals surface area contributed by atoms with Crippen LogP contribution >= 0.6 is 0 Å². The second kappa shape index (κ2) is 14.3. The smallest absolute Gasteiger partial charge is 0.160 e. The average molecular weight is 715 g/mol. The number of rotatable bonds is 7. The summed E-state index contributed by atoms with van der Waals surface area (Å²) < 4.78 is 0. The zero-order chi connectivity index (χ0) is 37.3. The highest BCUT2D eigenvalue weighted by molar-refractivity contribution is 5.89. The molecule has 10 rings (SSSR count). The van der Waals surface area contributed by atoms with Crippen molar-refractivity contribution in [3.05, 3.63) is 206 Å². The van der Waals surface area contributed by atoms with Gasteiger partial charge in [0.05, 0.1) is 22.8 Å². The van der Waals surface area contributed by atoms with Crippen LogP contribution in [-0.4, -0.2) is 19.9 Å². The summed E-state index contributed by atoms with van der Waals surface area (Å²) in [6.45, 7) is 0. The maximum absolute atomic E-state index is 5.10. The predicted octanol–water partition coefficient (Wildman–Crippen LogP) is 13.2. The van der Waals surface area contributed by atoms with E-state index in [0.29, 0.717) is 11.6 Å². The van der Waals surface area contributed by atoms with Gasteiger partial charge in [-0.1, -0.05) is 182 Å². The van der Waals surface area contributed by atoms with Gasteiger partial charge in [0, 0.05) is 33.4 Å². The van der Waals surface area contributed by atoms with E-state index in [1.165, 1.54) is 21.5 Å². The average Bonchev–Trinajstić information content (AvgIpc) is 3.29. The monoisotopic (exact) mass is 714 g/mol. The van der Waals surface area contributed by atoms with Crippen LogP contribution in [0, 0.1) is 0 Å². The van der Waals surface area contributed by atoms with Crippen molar-refractivity contribution in [2.75, 3.05) is 0 Å². The molecule has 56 heavy (non-hydrogen) atoms. The highest BCUT2D eigenvalue weighted by atomic mass is 14.9. The molecule has 0 saturated heterocycles. The molecule has 0 unspecified atom stereocenters. The Balaban J connectivity index is 0.980. The SMILES string of the molecule is c1ccc(-c2cc(-c3ccc4ccccc4c3)nc(-c3ccc(-c4ccc(-c5cc(-c6ccc7ccccc7c6)nc(-c6ccccc6)n5)cc4)cc3)n2)cc1. The second-order valence-corrected chi connectivity index (χ2v) is 13.9. The summed E-state index contributed by atoms with van der Waals surface area (Å²) in [6, 6.07) is 71.7. The number of hydrogen-bond donors (Lipinski definition) is 0. The van der Waals surface area contributed by atoms with Crippen LogP contribution in [0.4, 0.5) is 0 Å². The van der Waals surface area contributed by atoms with E-state index in [-0.39, 0.29) is 0 Å². The third-order valence-electron chi connectivity index (χ3n) is 10.3. The molecule has 0 saturated carbocycles. The van der Waals surface area contributed by atoms with Crippen molar-refractivity contribution >= 4 is 21.5 Å². The molecule has 0 aliphatic heterocycles. The normalized spacial score (nSPS) is 11.2. The Morgan fingerprint density at radius 3 is 0.964 bits per heavy atom. The highest BCUT2D eigenvalue weighted by Gasteiger charge is 2.14. The molecule has 0 N–H and O–H groups in total. The summed E-state index contributed by atoms with van der Waals surface area (Å²) in [6.07, 6.45) is 0. The molecule has 262 valence electrons. The van der Waals surface area contributed by atoms with Crippen molar-refractivity contribution in [2.45, 2.75) is 0 Å². The first-order valence-corrected chi connectivity index (χ1v) is 18.8. The van der Waals surface area contributed by atoms with E-state index in [1.807, 2.05) is 36.4 Å². The molecule has 0 aliphatic rings. The molecule has 0 amide bonds. The van der Waals surface area contributed by atoms with Crippen molar-refractivity contribution in [1.82, 2.24) is 19.9 Å². The molecule has 0 spiro atoms. The molecule has 0 fully saturated rings. The zero-order valence-electron chi connectivity index (χ0n) is 30.4. The Bertz CT molecular complexity index is 2790. The molecular formula is C52H34N4. The summed E-state index contributed by atoms with van der Waals surface area (Å²) in [5.41, 5.74) is 11.9. The molecule has 2 aromatic heterocycles. The van der Waals surface area contributed by atoms with Gasteiger partial charge in [-0.05, 0) is 56.9 Å². The van der Waals surface area contributed by atoms with Crippen LogP contribution in [-0.2, 0) is 0 Å². The van der Waals surface area contributed by atoms with Crippen molar-refractivity contribution in [1.29, 1.82) is 0 Å². The Hall–Kier alpha value is -7.56. The van der Waals surface area contributed by atoms with Crippen LogP contribution in [0.3, 0.4) is 0 Å². The quantitative estimate of drug-likeness (QED) is 0.165. The molecule has 0 aliphatic carbocycles. The fourth-order valence-corrected chi connectivity index (χ4v) is 7.28. The van der Waals surface area contributed by atoms with E-state index < -0.39 is 0 Å². The first kappa shape index (κ1) is 33.0. The van der Waals surface area contributed by atoms with Crippen LogP contribution in [0.15, 0.2) is 206 Å². The van der Waals surface area contributed by atoms with Crippen molar-refractivity contribution in [3.63, 3.8) is 0 Å². The fraction of sp³-hybridized carbons (Fsp3) is 0. The lowest BCUT2D eigenvalue weighted by atomic mass is 10.00. The molecule has 4 nitrogen and oxygen atoms in total. The fourth-order valence-electron chi connectivity index (χ4n) is 7.28. The predicted molar refractivity (Wildman–Crippen MR) is 231 cm³/mol. The van der Waals surface area contributed by atoms with Gasteiger partial charge in [-0.3, -0.25) is 0 Å². The number of nitrogens with zero attached hydrogens (tertiary/aromatic N) is 4. The largest absolute Gasteiger partial charge is 0.228 e. The van der Waals surface area contributed by atoms with E-state index in [2.05, 4.69) is 170 Å². The van der Waals surface area contributed by atoms with E-state index in [9.17, 15) is 0 Å². The lowest BCUT2D eigenvalue weighted by Gasteiger charge is -2.11. The van der Waals surface area contributed by atoms with E-state index in [1.54, 1.807) is 0 Å². The van der Waals surface area contributed by atoms with Gasteiger partial charge in [0.2, 0.25) is 0 Å². The Kier molecular flexibility index (Phi) is 8.47. The minimum Gasteiger partial charge on any atom is -0.228 e. The minimum absolute atomic E-state index is 0.691. The molecule has 0 atom stereocenters.